The molecule has 0 aliphatic carbocycles. The van der Waals surface area contributed by atoms with Crippen molar-refractivity contribution in [2.45, 2.75) is 33.4 Å². The summed E-state index contributed by atoms with van der Waals surface area (Å²) in [7, 11) is 0. The minimum absolute atomic E-state index is 0.0348. The second-order valence-electron chi connectivity index (χ2n) is 5.55. The molecule has 122 valence electrons. The summed E-state index contributed by atoms with van der Waals surface area (Å²) in [6, 6.07) is 4.78. The quantitative estimate of drug-likeness (QED) is 0.578. The van der Waals surface area contributed by atoms with Crippen LogP contribution in [0.25, 0.3) is 0 Å². The second kappa shape index (κ2) is 7.12. The highest BCUT2D eigenvalue weighted by atomic mass is 127. The number of pyridine rings is 2. The fraction of sp³-hybridized carbons (Fsp3) is 0.312. The number of aromatic amines is 1. The zero-order chi connectivity index (χ0) is 17.1. The van der Waals surface area contributed by atoms with Crippen LogP contribution < -0.4 is 16.4 Å². The fourth-order valence-electron chi connectivity index (χ4n) is 2.22. The molecule has 1 amide bonds. The molecule has 0 fully saturated rings. The highest BCUT2D eigenvalue weighted by molar-refractivity contribution is 14.1. The van der Waals surface area contributed by atoms with Crippen LogP contribution in [0.3, 0.4) is 0 Å². The van der Waals surface area contributed by atoms with Gasteiger partial charge in [0.1, 0.15) is 0 Å². The van der Waals surface area contributed by atoms with Crippen LogP contribution in [0.5, 0.6) is 0 Å². The van der Waals surface area contributed by atoms with E-state index in [1.165, 1.54) is 6.07 Å². The van der Waals surface area contributed by atoms with Gasteiger partial charge in [0.25, 0.3) is 17.0 Å². The number of carbonyl (C=O) groups is 1. The van der Waals surface area contributed by atoms with Crippen LogP contribution >= 0.6 is 22.6 Å². The SMILES string of the molecule is Cc1cc(I)[nH]c(=O)c1CNC(=O)c1ccn(C(C)C)c(=O)c1. The first kappa shape index (κ1) is 17.5. The molecule has 0 spiro atoms. The van der Waals surface area contributed by atoms with E-state index in [-0.39, 0.29) is 35.2 Å². The summed E-state index contributed by atoms with van der Waals surface area (Å²) in [5, 5.41) is 2.68. The Bertz CT molecular complexity index is 852. The summed E-state index contributed by atoms with van der Waals surface area (Å²) in [6.45, 7) is 5.73. The molecule has 2 N–H and O–H groups in total. The number of H-pyrrole nitrogens is 1. The molecule has 0 radical (unpaired) electrons. The second-order valence-corrected chi connectivity index (χ2v) is 6.71. The van der Waals surface area contributed by atoms with Crippen molar-refractivity contribution in [1.82, 2.24) is 14.9 Å². The number of rotatable bonds is 4. The number of nitrogens with zero attached hydrogens (tertiary/aromatic N) is 1. The molecule has 0 bridgehead atoms. The van der Waals surface area contributed by atoms with Gasteiger partial charge in [-0.2, -0.15) is 0 Å². The van der Waals surface area contributed by atoms with Gasteiger partial charge in [0.15, 0.2) is 0 Å². The standard InChI is InChI=1S/C16H18IN3O3/c1-9(2)20-5-4-11(7-14(20)21)15(22)18-8-12-10(3)6-13(17)19-16(12)23/h4-7,9H,8H2,1-3H3,(H,18,22)(H,19,23). The van der Waals surface area contributed by atoms with Crippen molar-refractivity contribution in [2.24, 2.45) is 0 Å². The van der Waals surface area contributed by atoms with Gasteiger partial charge in [0.05, 0.1) is 3.70 Å². The van der Waals surface area contributed by atoms with E-state index in [0.29, 0.717) is 5.56 Å². The molecule has 0 aliphatic rings. The van der Waals surface area contributed by atoms with Crippen LogP contribution in [0, 0.1) is 10.6 Å². The van der Waals surface area contributed by atoms with Gasteiger partial charge in [-0.05, 0) is 61.1 Å². The zero-order valence-electron chi connectivity index (χ0n) is 13.1. The van der Waals surface area contributed by atoms with Gasteiger partial charge in [-0.1, -0.05) is 0 Å². The Balaban J connectivity index is 2.16. The first-order valence-corrected chi connectivity index (χ1v) is 8.26. The summed E-state index contributed by atoms with van der Waals surface area (Å²) in [5.74, 6) is -0.379. The molecule has 2 rings (SSSR count). The highest BCUT2D eigenvalue weighted by Crippen LogP contribution is 2.07. The van der Waals surface area contributed by atoms with Crippen LogP contribution in [0.4, 0.5) is 0 Å². The summed E-state index contributed by atoms with van der Waals surface area (Å²) < 4.78 is 2.29. The first-order chi connectivity index (χ1) is 10.8. The monoisotopic (exact) mass is 427 g/mol. The van der Waals surface area contributed by atoms with Crippen molar-refractivity contribution in [2.75, 3.05) is 0 Å². The van der Waals surface area contributed by atoms with Crippen molar-refractivity contribution in [3.8, 4) is 0 Å². The molecule has 2 aromatic heterocycles. The molecule has 2 heterocycles. The van der Waals surface area contributed by atoms with Crippen LogP contribution in [-0.2, 0) is 6.54 Å². The topological polar surface area (TPSA) is 84.0 Å². The largest absolute Gasteiger partial charge is 0.348 e. The van der Waals surface area contributed by atoms with Crippen LogP contribution in [-0.4, -0.2) is 15.5 Å². The summed E-state index contributed by atoms with van der Waals surface area (Å²) in [5.41, 5.74) is 1.16. The lowest BCUT2D eigenvalue weighted by atomic mass is 10.1. The van der Waals surface area contributed by atoms with E-state index < -0.39 is 0 Å². The van der Waals surface area contributed by atoms with E-state index in [2.05, 4.69) is 10.3 Å². The van der Waals surface area contributed by atoms with E-state index in [1.54, 1.807) is 16.8 Å². The number of aryl methyl sites for hydroxylation is 1. The van der Waals surface area contributed by atoms with Gasteiger partial charge in [-0.3, -0.25) is 14.4 Å². The summed E-state index contributed by atoms with van der Waals surface area (Å²) in [4.78, 5) is 38.7. The Kier molecular flexibility index (Phi) is 5.40. The number of hydrogen-bond acceptors (Lipinski definition) is 3. The van der Waals surface area contributed by atoms with E-state index >= 15 is 0 Å². The maximum absolute atomic E-state index is 12.2. The van der Waals surface area contributed by atoms with Gasteiger partial charge < -0.3 is 14.9 Å². The maximum atomic E-state index is 12.2. The fourth-order valence-corrected chi connectivity index (χ4v) is 2.94. The smallest absolute Gasteiger partial charge is 0.253 e. The minimum atomic E-state index is -0.379. The molecule has 0 saturated carbocycles. The van der Waals surface area contributed by atoms with Crippen molar-refractivity contribution < 1.29 is 4.79 Å². The average molecular weight is 427 g/mol. The number of amides is 1. The molecule has 2 aromatic rings. The molecule has 7 heteroatoms. The Morgan fingerprint density at radius 1 is 1.35 bits per heavy atom. The number of halogens is 1. The summed E-state index contributed by atoms with van der Waals surface area (Å²) in [6.07, 6.45) is 1.60. The summed E-state index contributed by atoms with van der Waals surface area (Å²) >= 11 is 2.03. The number of nitrogens with one attached hydrogen (secondary N) is 2. The van der Waals surface area contributed by atoms with E-state index in [1.807, 2.05) is 49.4 Å². The third-order valence-corrected chi connectivity index (χ3v) is 4.10. The van der Waals surface area contributed by atoms with Crippen LogP contribution in [0.15, 0.2) is 34.0 Å². The van der Waals surface area contributed by atoms with Gasteiger partial charge in [0, 0.05) is 36.0 Å². The van der Waals surface area contributed by atoms with Gasteiger partial charge in [-0.15, -0.1) is 0 Å². The molecule has 0 saturated heterocycles. The number of carbonyl (C=O) groups excluding carboxylic acids is 1. The molecular formula is C16H18IN3O3. The Morgan fingerprint density at radius 3 is 2.61 bits per heavy atom. The lowest BCUT2D eigenvalue weighted by molar-refractivity contribution is 0.0950. The van der Waals surface area contributed by atoms with Crippen LogP contribution in [0.2, 0.25) is 0 Å². The lowest BCUT2D eigenvalue weighted by Gasteiger charge is -2.11. The lowest BCUT2D eigenvalue weighted by Crippen LogP contribution is -2.29. The Morgan fingerprint density at radius 2 is 2.04 bits per heavy atom. The van der Waals surface area contributed by atoms with Crippen molar-refractivity contribution in [3.63, 3.8) is 0 Å². The van der Waals surface area contributed by atoms with Gasteiger partial charge in [0.2, 0.25) is 0 Å². The van der Waals surface area contributed by atoms with Crippen LogP contribution in [0.1, 0.15) is 41.4 Å². The molecule has 0 aromatic carbocycles. The third kappa shape index (κ3) is 4.10. The zero-order valence-corrected chi connectivity index (χ0v) is 15.3. The molecule has 6 nitrogen and oxygen atoms in total. The van der Waals surface area contributed by atoms with Gasteiger partial charge in [-0.25, -0.2) is 0 Å². The normalized spacial score (nSPS) is 10.8. The third-order valence-electron chi connectivity index (χ3n) is 3.52. The molecule has 0 atom stereocenters. The molecular weight excluding hydrogens is 409 g/mol. The predicted molar refractivity (Wildman–Crippen MR) is 96.8 cm³/mol. The van der Waals surface area contributed by atoms with E-state index in [4.69, 9.17) is 0 Å². The first-order valence-electron chi connectivity index (χ1n) is 7.18. The van der Waals surface area contributed by atoms with E-state index in [9.17, 15) is 14.4 Å². The molecule has 0 aliphatic heterocycles. The van der Waals surface area contributed by atoms with Crippen molar-refractivity contribution in [3.05, 3.63) is 65.5 Å². The van der Waals surface area contributed by atoms with Crippen molar-refractivity contribution >= 4 is 28.5 Å². The van der Waals surface area contributed by atoms with E-state index in [0.717, 1.165) is 9.26 Å². The van der Waals surface area contributed by atoms with Gasteiger partial charge >= 0.3 is 0 Å². The molecule has 0 unspecified atom stereocenters. The predicted octanol–water partition coefficient (Wildman–Crippen LogP) is 1.96. The molecule has 23 heavy (non-hydrogen) atoms. The Labute approximate surface area is 147 Å². The Hall–Kier alpha value is -1.90. The number of aromatic nitrogens is 2. The number of hydrogen-bond donors (Lipinski definition) is 2. The average Bonchev–Trinajstić information content (AvgIpc) is 2.45. The maximum Gasteiger partial charge on any atom is 0.253 e. The van der Waals surface area contributed by atoms with Crippen molar-refractivity contribution in [1.29, 1.82) is 0 Å². The minimum Gasteiger partial charge on any atom is -0.348 e. The highest BCUT2D eigenvalue weighted by Gasteiger charge is 2.11.